The van der Waals surface area contributed by atoms with Crippen LogP contribution in [0.1, 0.15) is 49.0 Å². The molecular formula is C21H26N2O3. The average Bonchev–Trinajstić information content (AvgIpc) is 2.61. The fraction of sp³-hybridized carbons (Fsp3) is 0.333. The van der Waals surface area contributed by atoms with E-state index in [1.807, 2.05) is 62.4 Å². The lowest BCUT2D eigenvalue weighted by atomic mass is 10.0. The SMILES string of the molecule is COc1ccc(C)cc1[C@@H](C)NC(=O)C[C@@H](NC(C)=O)c1ccccc1. The first-order valence-corrected chi connectivity index (χ1v) is 8.66. The standard InChI is InChI=1S/C21H26N2O3/c1-14-10-11-20(26-4)18(12-14)15(2)22-21(25)13-19(23-16(3)24)17-8-6-5-7-9-17/h5-12,15,19H,13H2,1-4H3,(H,22,25)(H,23,24)/t15-,19-/m1/s1. The lowest BCUT2D eigenvalue weighted by Crippen LogP contribution is -2.33. The Morgan fingerprint density at radius 2 is 1.77 bits per heavy atom. The van der Waals surface area contributed by atoms with Gasteiger partial charge in [-0.2, -0.15) is 0 Å². The number of benzene rings is 2. The van der Waals surface area contributed by atoms with Crippen molar-refractivity contribution in [3.63, 3.8) is 0 Å². The monoisotopic (exact) mass is 354 g/mol. The number of methoxy groups -OCH3 is 1. The molecule has 0 radical (unpaired) electrons. The van der Waals surface area contributed by atoms with Crippen molar-refractivity contribution in [1.29, 1.82) is 0 Å². The molecule has 26 heavy (non-hydrogen) atoms. The van der Waals surface area contributed by atoms with E-state index < -0.39 is 0 Å². The Hall–Kier alpha value is -2.82. The van der Waals surface area contributed by atoms with Crippen LogP contribution in [0.15, 0.2) is 48.5 Å². The predicted molar refractivity (Wildman–Crippen MR) is 102 cm³/mol. The number of aryl methyl sites for hydroxylation is 1. The molecule has 5 heteroatoms. The summed E-state index contributed by atoms with van der Waals surface area (Å²) in [6, 6.07) is 14.8. The van der Waals surface area contributed by atoms with Crippen LogP contribution in [0.25, 0.3) is 0 Å². The minimum absolute atomic E-state index is 0.135. The van der Waals surface area contributed by atoms with Crippen LogP contribution in [0.5, 0.6) is 5.75 Å². The molecule has 2 N–H and O–H groups in total. The molecule has 2 rings (SSSR count). The normalized spacial score (nSPS) is 12.8. The maximum absolute atomic E-state index is 12.6. The van der Waals surface area contributed by atoms with Gasteiger partial charge in [0.1, 0.15) is 5.75 Å². The van der Waals surface area contributed by atoms with E-state index in [0.717, 1.165) is 22.4 Å². The number of carbonyl (C=O) groups excluding carboxylic acids is 2. The fourth-order valence-electron chi connectivity index (χ4n) is 2.94. The Kier molecular flexibility index (Phi) is 6.78. The van der Waals surface area contributed by atoms with Gasteiger partial charge in [0.05, 0.1) is 25.6 Å². The van der Waals surface area contributed by atoms with Gasteiger partial charge in [-0.15, -0.1) is 0 Å². The van der Waals surface area contributed by atoms with Crippen molar-refractivity contribution < 1.29 is 14.3 Å². The van der Waals surface area contributed by atoms with Crippen molar-refractivity contribution >= 4 is 11.8 Å². The van der Waals surface area contributed by atoms with Crippen LogP contribution in [0.3, 0.4) is 0 Å². The van der Waals surface area contributed by atoms with Crippen LogP contribution in [0.2, 0.25) is 0 Å². The Balaban J connectivity index is 2.10. The zero-order valence-corrected chi connectivity index (χ0v) is 15.7. The van der Waals surface area contributed by atoms with Gasteiger partial charge in [-0.25, -0.2) is 0 Å². The highest BCUT2D eigenvalue weighted by Gasteiger charge is 2.20. The molecule has 0 spiro atoms. The fourth-order valence-corrected chi connectivity index (χ4v) is 2.94. The maximum Gasteiger partial charge on any atom is 0.222 e. The van der Waals surface area contributed by atoms with Gasteiger partial charge in [0.2, 0.25) is 11.8 Å². The van der Waals surface area contributed by atoms with Crippen molar-refractivity contribution in [3.8, 4) is 5.75 Å². The van der Waals surface area contributed by atoms with Crippen LogP contribution in [0, 0.1) is 6.92 Å². The summed E-state index contributed by atoms with van der Waals surface area (Å²) in [5.74, 6) is 0.439. The third-order valence-electron chi connectivity index (χ3n) is 4.20. The largest absolute Gasteiger partial charge is 0.496 e. The quantitative estimate of drug-likeness (QED) is 0.800. The molecule has 0 fully saturated rings. The van der Waals surface area contributed by atoms with Crippen molar-refractivity contribution in [1.82, 2.24) is 10.6 Å². The summed E-state index contributed by atoms with van der Waals surface area (Å²) in [7, 11) is 1.62. The van der Waals surface area contributed by atoms with Crippen LogP contribution in [-0.2, 0) is 9.59 Å². The summed E-state index contributed by atoms with van der Waals surface area (Å²) in [6.45, 7) is 5.37. The van der Waals surface area contributed by atoms with Gasteiger partial charge in [-0.3, -0.25) is 9.59 Å². The van der Waals surface area contributed by atoms with Gasteiger partial charge in [-0.05, 0) is 25.5 Å². The summed E-state index contributed by atoms with van der Waals surface area (Å²) < 4.78 is 5.40. The van der Waals surface area contributed by atoms with Crippen molar-refractivity contribution in [2.75, 3.05) is 7.11 Å². The third-order valence-corrected chi connectivity index (χ3v) is 4.20. The predicted octanol–water partition coefficient (Wildman–Crippen LogP) is 3.45. The molecule has 2 atom stereocenters. The first-order valence-electron chi connectivity index (χ1n) is 8.66. The molecule has 0 saturated carbocycles. The van der Waals surface area contributed by atoms with E-state index in [-0.39, 0.29) is 30.3 Å². The minimum atomic E-state index is -0.361. The van der Waals surface area contributed by atoms with Gasteiger partial charge in [-0.1, -0.05) is 48.0 Å². The molecule has 0 heterocycles. The number of hydrogen-bond donors (Lipinski definition) is 2. The highest BCUT2D eigenvalue weighted by Crippen LogP contribution is 2.26. The second kappa shape index (κ2) is 9.04. The number of amides is 2. The van der Waals surface area contributed by atoms with Crippen LogP contribution < -0.4 is 15.4 Å². The molecule has 0 aromatic heterocycles. The zero-order chi connectivity index (χ0) is 19.1. The molecule has 2 amide bonds. The van der Waals surface area contributed by atoms with E-state index in [0.29, 0.717) is 0 Å². The highest BCUT2D eigenvalue weighted by molar-refractivity contribution is 5.79. The Labute approximate surface area is 154 Å². The zero-order valence-electron chi connectivity index (χ0n) is 15.7. The van der Waals surface area contributed by atoms with Gasteiger partial charge >= 0.3 is 0 Å². The lowest BCUT2D eigenvalue weighted by molar-refractivity contribution is -0.123. The average molecular weight is 354 g/mol. The molecule has 0 saturated heterocycles. The molecular weight excluding hydrogens is 328 g/mol. The van der Waals surface area contributed by atoms with Crippen LogP contribution in [0.4, 0.5) is 0 Å². The van der Waals surface area contributed by atoms with E-state index in [1.165, 1.54) is 6.92 Å². The van der Waals surface area contributed by atoms with Crippen molar-refractivity contribution in [3.05, 3.63) is 65.2 Å². The Morgan fingerprint density at radius 1 is 1.08 bits per heavy atom. The van der Waals surface area contributed by atoms with Crippen LogP contribution >= 0.6 is 0 Å². The van der Waals surface area contributed by atoms with Gasteiger partial charge in [0, 0.05) is 12.5 Å². The topological polar surface area (TPSA) is 67.4 Å². The van der Waals surface area contributed by atoms with Gasteiger partial charge in [0.25, 0.3) is 0 Å². The van der Waals surface area contributed by atoms with E-state index >= 15 is 0 Å². The number of ether oxygens (including phenoxy) is 1. The van der Waals surface area contributed by atoms with Crippen LogP contribution in [-0.4, -0.2) is 18.9 Å². The summed E-state index contributed by atoms with van der Waals surface area (Å²) >= 11 is 0. The molecule has 2 aromatic carbocycles. The van der Waals surface area contributed by atoms with E-state index in [1.54, 1.807) is 7.11 Å². The molecule has 138 valence electrons. The van der Waals surface area contributed by atoms with E-state index in [9.17, 15) is 9.59 Å². The third kappa shape index (κ3) is 5.34. The number of hydrogen-bond acceptors (Lipinski definition) is 3. The van der Waals surface area contributed by atoms with Gasteiger partial charge < -0.3 is 15.4 Å². The minimum Gasteiger partial charge on any atom is -0.496 e. The summed E-state index contributed by atoms with van der Waals surface area (Å²) in [5, 5.41) is 5.85. The van der Waals surface area contributed by atoms with Gasteiger partial charge in [0.15, 0.2) is 0 Å². The number of nitrogens with one attached hydrogen (secondary N) is 2. The van der Waals surface area contributed by atoms with Crippen molar-refractivity contribution in [2.24, 2.45) is 0 Å². The molecule has 0 aliphatic carbocycles. The smallest absolute Gasteiger partial charge is 0.222 e. The number of rotatable bonds is 7. The second-order valence-corrected chi connectivity index (χ2v) is 6.40. The first kappa shape index (κ1) is 19.5. The molecule has 2 aromatic rings. The highest BCUT2D eigenvalue weighted by atomic mass is 16.5. The Morgan fingerprint density at radius 3 is 2.38 bits per heavy atom. The molecule has 0 aliphatic heterocycles. The summed E-state index contributed by atoms with van der Waals surface area (Å²) in [6.07, 6.45) is 0.169. The van der Waals surface area contributed by atoms with E-state index in [2.05, 4.69) is 10.6 Å². The summed E-state index contributed by atoms with van der Waals surface area (Å²) in [4.78, 5) is 24.1. The van der Waals surface area contributed by atoms with Crippen molar-refractivity contribution in [2.45, 2.75) is 39.3 Å². The second-order valence-electron chi connectivity index (χ2n) is 6.40. The lowest BCUT2D eigenvalue weighted by Gasteiger charge is -2.21. The first-order chi connectivity index (χ1) is 12.4. The number of carbonyl (C=O) groups is 2. The summed E-state index contributed by atoms with van der Waals surface area (Å²) in [5.41, 5.74) is 2.93. The molecule has 0 aliphatic rings. The maximum atomic E-state index is 12.6. The van der Waals surface area contributed by atoms with E-state index in [4.69, 9.17) is 4.74 Å². The Bertz CT molecular complexity index is 759. The molecule has 0 bridgehead atoms. The molecule has 0 unspecified atom stereocenters. The molecule has 5 nitrogen and oxygen atoms in total.